The minimum atomic E-state index is 0.105. The van der Waals surface area contributed by atoms with Crippen molar-refractivity contribution in [3.8, 4) is 0 Å². The normalized spacial score (nSPS) is 14.9. The average molecular weight is 553 g/mol. The summed E-state index contributed by atoms with van der Waals surface area (Å²) in [6, 6.07) is 22.8. The van der Waals surface area contributed by atoms with Crippen LogP contribution in [0.5, 0.6) is 0 Å². The van der Waals surface area contributed by atoms with Crippen LogP contribution in [0.2, 0.25) is 0 Å². The van der Waals surface area contributed by atoms with Crippen LogP contribution in [0.25, 0.3) is 27.6 Å². The van der Waals surface area contributed by atoms with Crippen molar-refractivity contribution >= 4 is 39.0 Å². The Morgan fingerprint density at radius 2 is 1.81 bits per heavy atom. The van der Waals surface area contributed by atoms with E-state index < -0.39 is 0 Å². The molecular weight excluding hydrogens is 508 g/mol. The van der Waals surface area contributed by atoms with Crippen molar-refractivity contribution < 1.29 is 0 Å². The summed E-state index contributed by atoms with van der Waals surface area (Å²) in [7, 11) is 0. The Morgan fingerprint density at radius 1 is 1.00 bits per heavy atom. The van der Waals surface area contributed by atoms with Gasteiger partial charge >= 0.3 is 0 Å². The first-order valence-electron chi connectivity index (χ1n) is 15.3. The quantitative estimate of drug-likeness (QED) is 0.219. The van der Waals surface area contributed by atoms with E-state index in [0.717, 1.165) is 18.5 Å². The van der Waals surface area contributed by atoms with Crippen molar-refractivity contribution in [1.82, 2.24) is 0 Å². The second-order valence-corrected chi connectivity index (χ2v) is 11.7. The van der Waals surface area contributed by atoms with E-state index in [1.54, 1.807) is 0 Å². The fourth-order valence-electron chi connectivity index (χ4n) is 6.20. The smallest absolute Gasteiger partial charge is 0.0569 e. The molecule has 0 aliphatic heterocycles. The third-order valence-electron chi connectivity index (χ3n) is 8.06. The highest BCUT2D eigenvalue weighted by Gasteiger charge is 2.23. The topological polar surface area (TPSA) is 15.3 Å². The van der Waals surface area contributed by atoms with Crippen LogP contribution in [0.3, 0.4) is 0 Å². The maximum absolute atomic E-state index is 3.79. The second-order valence-electron chi connectivity index (χ2n) is 11.7. The molecule has 42 heavy (non-hydrogen) atoms. The molecular formula is C40H44N2. The van der Waals surface area contributed by atoms with Crippen molar-refractivity contribution in [1.29, 1.82) is 0 Å². The number of rotatable bonds is 8. The summed E-state index contributed by atoms with van der Waals surface area (Å²) in [6.45, 7) is 15.4. The van der Waals surface area contributed by atoms with E-state index in [4.69, 9.17) is 0 Å². The van der Waals surface area contributed by atoms with Gasteiger partial charge in [-0.05, 0) is 116 Å². The molecule has 1 unspecified atom stereocenters. The summed E-state index contributed by atoms with van der Waals surface area (Å²) >= 11 is 0. The molecule has 0 spiro atoms. The van der Waals surface area contributed by atoms with Gasteiger partial charge in [0.25, 0.3) is 0 Å². The summed E-state index contributed by atoms with van der Waals surface area (Å²) in [4.78, 5) is 2.52. The van der Waals surface area contributed by atoms with Gasteiger partial charge in [0.1, 0.15) is 0 Å². The number of anilines is 2. The molecule has 0 heterocycles. The maximum atomic E-state index is 3.79. The van der Waals surface area contributed by atoms with Crippen molar-refractivity contribution in [2.24, 2.45) is 0 Å². The van der Waals surface area contributed by atoms with Gasteiger partial charge in [-0.1, -0.05) is 85.3 Å². The molecule has 1 aliphatic rings. The Morgan fingerprint density at radius 3 is 2.55 bits per heavy atom. The summed E-state index contributed by atoms with van der Waals surface area (Å²) in [6.07, 6.45) is 17.6. The number of hydrogen-bond acceptors (Lipinski definition) is 2. The Hall–Kier alpha value is -4.30. The van der Waals surface area contributed by atoms with Crippen LogP contribution in [-0.2, 0) is 0 Å². The predicted octanol–water partition coefficient (Wildman–Crippen LogP) is 10.9. The lowest BCUT2D eigenvalue weighted by atomic mass is 9.90. The van der Waals surface area contributed by atoms with Gasteiger partial charge in [0, 0.05) is 34.6 Å². The molecule has 0 aromatic heterocycles. The Labute approximate surface area is 252 Å². The van der Waals surface area contributed by atoms with E-state index in [1.165, 1.54) is 66.1 Å². The van der Waals surface area contributed by atoms with Crippen LogP contribution >= 0.6 is 0 Å². The molecule has 4 aromatic rings. The lowest BCUT2D eigenvalue weighted by molar-refractivity contribution is 0.751. The van der Waals surface area contributed by atoms with Gasteiger partial charge in [-0.25, -0.2) is 0 Å². The minimum absolute atomic E-state index is 0.105. The first-order chi connectivity index (χ1) is 20.3. The first kappa shape index (κ1) is 29.2. The lowest BCUT2D eigenvalue weighted by Crippen LogP contribution is -2.27. The molecule has 0 radical (unpaired) electrons. The molecule has 0 fully saturated rings. The highest BCUT2D eigenvalue weighted by Crippen LogP contribution is 2.39. The lowest BCUT2D eigenvalue weighted by Gasteiger charge is -2.34. The van der Waals surface area contributed by atoms with Crippen molar-refractivity contribution in [2.75, 3.05) is 10.2 Å². The standard InChI is InChI=1S/C40H44N2/c1-8-13-34(24-27(3)4)42(35-17-12-15-29(6)26-35)30(7)36-21-19-32-20-23-38(41-33-16-11-10-14-28(5)25-33)37-22-18-31(9-2)39(36)40(32)37/h9-15,17-26,30,41H,8,16H2,1-7H3/b31-9-,34-13+. The fourth-order valence-corrected chi connectivity index (χ4v) is 6.20. The minimum Gasteiger partial charge on any atom is -0.358 e. The van der Waals surface area contributed by atoms with Crippen molar-refractivity contribution in [2.45, 2.75) is 67.3 Å². The molecule has 2 heteroatoms. The van der Waals surface area contributed by atoms with E-state index in [1.807, 2.05) is 0 Å². The Kier molecular flexibility index (Phi) is 8.83. The summed E-state index contributed by atoms with van der Waals surface area (Å²) in [5, 5.41) is 10.2. The Balaban J connectivity index is 1.74. The van der Waals surface area contributed by atoms with Crippen LogP contribution in [0.1, 0.15) is 71.6 Å². The second kappa shape index (κ2) is 12.7. The third-order valence-corrected chi connectivity index (χ3v) is 8.06. The monoisotopic (exact) mass is 552 g/mol. The zero-order valence-electron chi connectivity index (χ0n) is 26.3. The van der Waals surface area contributed by atoms with Gasteiger partial charge in [0.15, 0.2) is 0 Å². The van der Waals surface area contributed by atoms with Crippen molar-refractivity contribution in [3.63, 3.8) is 0 Å². The summed E-state index contributed by atoms with van der Waals surface area (Å²) in [5.41, 5.74) is 9.97. The number of nitrogens with zero attached hydrogens (tertiary/aromatic N) is 1. The SMILES string of the molecule is C/C=c1/ccc2c(NC3=CC(C)=CC=CC3)ccc3ccc(C(C)N(/C(C=C(C)C)=C/CC)c4cccc(C)c4)c1c32. The van der Waals surface area contributed by atoms with E-state index in [0.29, 0.717) is 0 Å². The maximum Gasteiger partial charge on any atom is 0.0569 e. The van der Waals surface area contributed by atoms with E-state index in [9.17, 15) is 0 Å². The van der Waals surface area contributed by atoms with E-state index >= 15 is 0 Å². The molecule has 1 aliphatic carbocycles. The zero-order chi connectivity index (χ0) is 29.8. The Bertz CT molecular complexity index is 1820. The van der Waals surface area contributed by atoms with Crippen molar-refractivity contribution in [3.05, 3.63) is 136 Å². The van der Waals surface area contributed by atoms with Gasteiger partial charge in [-0.3, -0.25) is 0 Å². The van der Waals surface area contributed by atoms with Crippen LogP contribution in [0.4, 0.5) is 11.4 Å². The zero-order valence-corrected chi connectivity index (χ0v) is 26.3. The van der Waals surface area contributed by atoms with Gasteiger partial charge < -0.3 is 10.2 Å². The number of nitrogens with one attached hydrogen (secondary N) is 1. The van der Waals surface area contributed by atoms with Gasteiger partial charge in [-0.2, -0.15) is 0 Å². The average Bonchev–Trinajstić information content (AvgIpc) is 3.17. The molecule has 0 saturated heterocycles. The molecule has 1 atom stereocenters. The first-order valence-corrected chi connectivity index (χ1v) is 15.3. The highest BCUT2D eigenvalue weighted by atomic mass is 15.2. The molecule has 0 bridgehead atoms. The highest BCUT2D eigenvalue weighted by molar-refractivity contribution is 6.16. The summed E-state index contributed by atoms with van der Waals surface area (Å²) < 4.78 is 0. The van der Waals surface area contributed by atoms with Crippen LogP contribution in [0.15, 0.2) is 120 Å². The van der Waals surface area contributed by atoms with E-state index in [-0.39, 0.29) is 6.04 Å². The van der Waals surface area contributed by atoms with Crippen LogP contribution in [0, 0.1) is 6.92 Å². The predicted molar refractivity (Wildman–Crippen MR) is 186 cm³/mol. The number of benzene rings is 4. The number of allylic oxidation sites excluding steroid dienone is 8. The van der Waals surface area contributed by atoms with Gasteiger partial charge in [0.2, 0.25) is 0 Å². The molecule has 0 amide bonds. The molecule has 4 aromatic carbocycles. The third kappa shape index (κ3) is 5.99. The number of aryl methyl sites for hydroxylation is 1. The van der Waals surface area contributed by atoms with Gasteiger partial charge in [0.05, 0.1) is 6.04 Å². The van der Waals surface area contributed by atoms with Crippen LogP contribution in [-0.4, -0.2) is 0 Å². The van der Waals surface area contributed by atoms with Crippen LogP contribution < -0.4 is 15.4 Å². The van der Waals surface area contributed by atoms with Gasteiger partial charge in [-0.15, -0.1) is 0 Å². The molecule has 2 nitrogen and oxygen atoms in total. The fraction of sp³-hybridized carbons (Fsp3) is 0.250. The molecule has 214 valence electrons. The summed E-state index contributed by atoms with van der Waals surface area (Å²) in [5.74, 6) is 0. The number of hydrogen-bond donors (Lipinski definition) is 1. The largest absolute Gasteiger partial charge is 0.358 e. The molecule has 5 rings (SSSR count). The van der Waals surface area contributed by atoms with E-state index in [2.05, 4.69) is 162 Å². The molecule has 0 saturated carbocycles. The molecule has 1 N–H and O–H groups in total.